The molecular formula is C16H21ClO2. The van der Waals surface area contributed by atoms with Crippen molar-refractivity contribution in [1.29, 1.82) is 0 Å². The lowest BCUT2D eigenvalue weighted by molar-refractivity contribution is 0.131. The second-order valence-corrected chi connectivity index (χ2v) is 4.52. The molecule has 19 heavy (non-hydrogen) atoms. The van der Waals surface area contributed by atoms with Crippen molar-refractivity contribution in [3.63, 3.8) is 0 Å². The van der Waals surface area contributed by atoms with Gasteiger partial charge < -0.3 is 9.47 Å². The van der Waals surface area contributed by atoms with Crippen LogP contribution < -0.4 is 4.74 Å². The normalized spacial score (nSPS) is 9.84. The van der Waals surface area contributed by atoms with Crippen LogP contribution in [0.4, 0.5) is 0 Å². The first kappa shape index (κ1) is 15.9. The molecule has 0 heterocycles. The number of hydrogen-bond donors (Lipinski definition) is 0. The molecule has 0 atom stereocenters. The lowest BCUT2D eigenvalue weighted by Gasteiger charge is -2.09. The van der Waals surface area contributed by atoms with E-state index in [1.807, 2.05) is 32.0 Å². The maximum absolute atomic E-state index is 5.75. The van der Waals surface area contributed by atoms with Crippen LogP contribution in [0.25, 0.3) is 0 Å². The maximum Gasteiger partial charge on any atom is 0.134 e. The van der Waals surface area contributed by atoms with Crippen molar-refractivity contribution in [2.75, 3.05) is 25.7 Å². The van der Waals surface area contributed by atoms with Gasteiger partial charge in [-0.25, -0.2) is 0 Å². The second kappa shape index (κ2) is 9.72. The lowest BCUT2D eigenvalue weighted by atomic mass is 10.1. The Morgan fingerprint density at radius 3 is 2.84 bits per heavy atom. The zero-order chi connectivity index (χ0) is 13.9. The van der Waals surface area contributed by atoms with Gasteiger partial charge in [0.2, 0.25) is 0 Å². The highest BCUT2D eigenvalue weighted by Gasteiger charge is 2.01. The summed E-state index contributed by atoms with van der Waals surface area (Å²) >= 11 is 5.62. The number of hydrogen-bond acceptors (Lipinski definition) is 2. The molecule has 2 nitrogen and oxygen atoms in total. The van der Waals surface area contributed by atoms with Crippen molar-refractivity contribution in [2.45, 2.75) is 26.7 Å². The number of halogens is 1. The van der Waals surface area contributed by atoms with E-state index in [4.69, 9.17) is 21.1 Å². The van der Waals surface area contributed by atoms with Gasteiger partial charge >= 0.3 is 0 Å². The van der Waals surface area contributed by atoms with E-state index in [0.717, 1.165) is 30.9 Å². The van der Waals surface area contributed by atoms with Gasteiger partial charge in [-0.2, -0.15) is 0 Å². The smallest absolute Gasteiger partial charge is 0.134 e. The summed E-state index contributed by atoms with van der Waals surface area (Å²) in [4.78, 5) is 0. The zero-order valence-electron chi connectivity index (χ0n) is 11.7. The summed E-state index contributed by atoms with van der Waals surface area (Å²) in [6, 6.07) is 6.05. The van der Waals surface area contributed by atoms with Gasteiger partial charge in [0.1, 0.15) is 5.75 Å². The standard InChI is InChI=1S/C16H21ClO2/c1-3-18-11-6-12-19-16-9-8-14(2)13-15(16)7-4-5-10-17/h8-9,13H,3,5-6,10-12H2,1-2H3. The van der Waals surface area contributed by atoms with E-state index in [9.17, 15) is 0 Å². The summed E-state index contributed by atoms with van der Waals surface area (Å²) in [5, 5.41) is 0. The Bertz CT molecular complexity index is 432. The summed E-state index contributed by atoms with van der Waals surface area (Å²) < 4.78 is 11.0. The molecule has 0 saturated carbocycles. The van der Waals surface area contributed by atoms with Crippen molar-refractivity contribution in [3.05, 3.63) is 29.3 Å². The van der Waals surface area contributed by atoms with Crippen LogP contribution in [0.3, 0.4) is 0 Å². The van der Waals surface area contributed by atoms with Crippen molar-refractivity contribution in [3.8, 4) is 17.6 Å². The minimum Gasteiger partial charge on any atom is -0.492 e. The quantitative estimate of drug-likeness (QED) is 0.430. The van der Waals surface area contributed by atoms with E-state index in [-0.39, 0.29) is 0 Å². The summed E-state index contributed by atoms with van der Waals surface area (Å²) in [6.45, 7) is 6.17. The van der Waals surface area contributed by atoms with Crippen LogP contribution in [0.1, 0.15) is 30.9 Å². The molecule has 104 valence electrons. The molecule has 1 rings (SSSR count). The predicted octanol–water partition coefficient (Wildman–Crippen LogP) is 3.78. The number of alkyl halides is 1. The van der Waals surface area contributed by atoms with Crippen LogP contribution in [0, 0.1) is 18.8 Å². The fourth-order valence-electron chi connectivity index (χ4n) is 1.56. The highest BCUT2D eigenvalue weighted by Crippen LogP contribution is 2.19. The van der Waals surface area contributed by atoms with Crippen LogP contribution in [0.2, 0.25) is 0 Å². The summed E-state index contributed by atoms with van der Waals surface area (Å²) in [5.74, 6) is 7.56. The van der Waals surface area contributed by atoms with Gasteiger partial charge in [-0.05, 0) is 31.5 Å². The monoisotopic (exact) mass is 280 g/mol. The fraction of sp³-hybridized carbons (Fsp3) is 0.500. The minimum absolute atomic E-state index is 0.559. The van der Waals surface area contributed by atoms with Crippen LogP contribution in [-0.2, 0) is 4.74 Å². The van der Waals surface area contributed by atoms with Crippen LogP contribution in [-0.4, -0.2) is 25.7 Å². The van der Waals surface area contributed by atoms with Gasteiger partial charge in [-0.15, -0.1) is 11.6 Å². The van der Waals surface area contributed by atoms with Crippen LogP contribution >= 0.6 is 11.6 Å². The van der Waals surface area contributed by atoms with Crippen molar-refractivity contribution >= 4 is 11.6 Å². The van der Waals surface area contributed by atoms with Crippen LogP contribution in [0.5, 0.6) is 5.75 Å². The summed E-state index contributed by atoms with van der Waals surface area (Å²) in [7, 11) is 0. The van der Waals surface area contributed by atoms with E-state index < -0.39 is 0 Å². The molecule has 0 fully saturated rings. The first-order chi connectivity index (χ1) is 9.27. The number of benzene rings is 1. The molecule has 0 bridgehead atoms. The molecule has 0 aromatic heterocycles. The van der Waals surface area contributed by atoms with Crippen LogP contribution in [0.15, 0.2) is 18.2 Å². The molecule has 1 aromatic rings. The first-order valence-electron chi connectivity index (χ1n) is 6.64. The Morgan fingerprint density at radius 2 is 2.11 bits per heavy atom. The average molecular weight is 281 g/mol. The van der Waals surface area contributed by atoms with Crippen molar-refractivity contribution < 1.29 is 9.47 Å². The third kappa shape index (κ3) is 6.52. The molecule has 1 aromatic carbocycles. The highest BCUT2D eigenvalue weighted by atomic mass is 35.5. The summed E-state index contributed by atoms with van der Waals surface area (Å²) in [5.41, 5.74) is 2.11. The largest absolute Gasteiger partial charge is 0.492 e. The first-order valence-corrected chi connectivity index (χ1v) is 7.17. The molecule has 0 spiro atoms. The van der Waals surface area contributed by atoms with Crippen molar-refractivity contribution in [2.24, 2.45) is 0 Å². The molecule has 3 heteroatoms. The Balaban J connectivity index is 2.59. The molecule has 0 N–H and O–H groups in total. The molecule has 0 aliphatic rings. The predicted molar refractivity (Wildman–Crippen MR) is 80.0 cm³/mol. The third-order valence-corrected chi connectivity index (χ3v) is 2.66. The van der Waals surface area contributed by atoms with E-state index in [1.54, 1.807) is 0 Å². The van der Waals surface area contributed by atoms with Gasteiger partial charge in [-0.1, -0.05) is 17.9 Å². The minimum atomic E-state index is 0.559. The number of aryl methyl sites for hydroxylation is 1. The van der Waals surface area contributed by atoms with Gasteiger partial charge in [0.15, 0.2) is 0 Å². The Morgan fingerprint density at radius 1 is 1.26 bits per heavy atom. The average Bonchev–Trinajstić information content (AvgIpc) is 2.41. The number of ether oxygens (including phenoxy) is 2. The molecule has 0 aliphatic heterocycles. The topological polar surface area (TPSA) is 18.5 Å². The maximum atomic E-state index is 5.75. The Kier molecular flexibility index (Phi) is 8.13. The van der Waals surface area contributed by atoms with E-state index in [1.165, 1.54) is 5.56 Å². The third-order valence-electron chi connectivity index (χ3n) is 2.47. The van der Waals surface area contributed by atoms with Gasteiger partial charge in [0.25, 0.3) is 0 Å². The lowest BCUT2D eigenvalue weighted by Crippen LogP contribution is -2.04. The van der Waals surface area contributed by atoms with E-state index >= 15 is 0 Å². The van der Waals surface area contributed by atoms with Gasteiger partial charge in [0, 0.05) is 31.9 Å². The number of rotatable bonds is 7. The summed E-state index contributed by atoms with van der Waals surface area (Å²) in [6.07, 6.45) is 1.58. The molecule has 0 radical (unpaired) electrons. The molecule has 0 saturated heterocycles. The van der Waals surface area contributed by atoms with E-state index in [0.29, 0.717) is 18.9 Å². The zero-order valence-corrected chi connectivity index (χ0v) is 12.4. The van der Waals surface area contributed by atoms with Gasteiger partial charge in [0.05, 0.1) is 12.2 Å². The van der Waals surface area contributed by atoms with E-state index in [2.05, 4.69) is 11.8 Å². The Labute approximate surface area is 121 Å². The SMILES string of the molecule is CCOCCCOc1ccc(C)cc1C#CCCCl. The Hall–Kier alpha value is -1.17. The molecule has 0 aliphatic carbocycles. The molecular weight excluding hydrogens is 260 g/mol. The fourth-order valence-corrected chi connectivity index (χ4v) is 1.65. The molecule has 0 amide bonds. The second-order valence-electron chi connectivity index (χ2n) is 4.14. The molecule has 0 unspecified atom stereocenters. The van der Waals surface area contributed by atoms with Gasteiger partial charge in [-0.3, -0.25) is 0 Å². The highest BCUT2D eigenvalue weighted by molar-refractivity contribution is 6.18. The van der Waals surface area contributed by atoms with Crippen molar-refractivity contribution in [1.82, 2.24) is 0 Å².